The molecule has 3 nitrogen and oxygen atoms in total. The van der Waals surface area contributed by atoms with Crippen molar-refractivity contribution >= 4 is 16.7 Å². The van der Waals surface area contributed by atoms with Gasteiger partial charge in [-0.15, -0.1) is 0 Å². The van der Waals surface area contributed by atoms with Gasteiger partial charge >= 0.3 is 0 Å². The van der Waals surface area contributed by atoms with Gasteiger partial charge in [-0.25, -0.2) is 9.37 Å². The van der Waals surface area contributed by atoms with Crippen molar-refractivity contribution < 1.29 is 4.39 Å². The highest BCUT2D eigenvalue weighted by Crippen LogP contribution is 2.27. The van der Waals surface area contributed by atoms with Crippen LogP contribution in [-0.2, 0) is 0 Å². The lowest BCUT2D eigenvalue weighted by atomic mass is 10.0. The lowest BCUT2D eigenvalue weighted by molar-refractivity contribution is 0.632. The highest BCUT2D eigenvalue weighted by atomic mass is 19.1. The van der Waals surface area contributed by atoms with Gasteiger partial charge in [-0.1, -0.05) is 6.07 Å². The third-order valence-electron chi connectivity index (χ3n) is 3.49. The molecule has 0 radical (unpaired) electrons. The third kappa shape index (κ3) is 1.85. The zero-order valence-corrected chi connectivity index (χ0v) is 10.8. The summed E-state index contributed by atoms with van der Waals surface area (Å²) in [6.07, 6.45) is 1.77. The number of nitrogens with one attached hydrogen (secondary N) is 1. The second-order valence-electron chi connectivity index (χ2n) is 4.73. The summed E-state index contributed by atoms with van der Waals surface area (Å²) in [6, 6.07) is 6.77. The second-order valence-corrected chi connectivity index (χ2v) is 4.73. The Morgan fingerprint density at radius 1 is 1.16 bits per heavy atom. The van der Waals surface area contributed by atoms with E-state index in [4.69, 9.17) is 5.73 Å². The van der Waals surface area contributed by atoms with Crippen LogP contribution in [0.4, 0.5) is 10.1 Å². The number of nitrogens with two attached hydrogens (primary N) is 1. The highest BCUT2D eigenvalue weighted by molar-refractivity contribution is 5.85. The number of aryl methyl sites for hydroxylation is 2. The van der Waals surface area contributed by atoms with E-state index in [1.165, 1.54) is 11.6 Å². The summed E-state index contributed by atoms with van der Waals surface area (Å²) in [7, 11) is 0. The van der Waals surface area contributed by atoms with Crippen molar-refractivity contribution in [2.45, 2.75) is 13.8 Å². The summed E-state index contributed by atoms with van der Waals surface area (Å²) in [5, 5.41) is 1.08. The lowest BCUT2D eigenvalue weighted by Crippen LogP contribution is -1.91. The molecule has 0 saturated heterocycles. The SMILES string of the molecule is Cc1[nH]c2ncc(-c3ccc(F)c(N)c3)cc2c1C. The molecule has 96 valence electrons. The standard InChI is InChI=1S/C15H14FN3/c1-8-9(2)19-15-12(8)5-11(7-18-15)10-3-4-13(16)14(17)6-10/h3-7H,17H2,1-2H3,(H,18,19). The van der Waals surface area contributed by atoms with Crippen molar-refractivity contribution in [2.24, 2.45) is 0 Å². The topological polar surface area (TPSA) is 54.7 Å². The first-order valence-corrected chi connectivity index (χ1v) is 6.06. The molecule has 4 heteroatoms. The Morgan fingerprint density at radius 3 is 2.68 bits per heavy atom. The minimum atomic E-state index is -0.397. The molecule has 2 heterocycles. The molecule has 0 bridgehead atoms. The van der Waals surface area contributed by atoms with Crippen molar-refractivity contribution in [3.05, 3.63) is 47.5 Å². The average molecular weight is 255 g/mol. The van der Waals surface area contributed by atoms with Crippen LogP contribution in [-0.4, -0.2) is 9.97 Å². The van der Waals surface area contributed by atoms with E-state index >= 15 is 0 Å². The number of anilines is 1. The van der Waals surface area contributed by atoms with Crippen LogP contribution >= 0.6 is 0 Å². The first kappa shape index (κ1) is 11.7. The van der Waals surface area contributed by atoms with Crippen LogP contribution in [0.5, 0.6) is 0 Å². The molecule has 0 fully saturated rings. The molecule has 1 aromatic carbocycles. The number of nitrogens with zero attached hydrogens (tertiary/aromatic N) is 1. The fraction of sp³-hybridized carbons (Fsp3) is 0.133. The number of H-pyrrole nitrogens is 1. The molecule has 2 aromatic heterocycles. The van der Waals surface area contributed by atoms with Crippen LogP contribution in [0.25, 0.3) is 22.2 Å². The van der Waals surface area contributed by atoms with E-state index in [1.807, 2.05) is 13.0 Å². The molecule has 3 aromatic rings. The zero-order chi connectivity index (χ0) is 13.6. The molecule has 0 amide bonds. The highest BCUT2D eigenvalue weighted by Gasteiger charge is 2.08. The molecule has 0 spiro atoms. The van der Waals surface area contributed by atoms with Gasteiger partial charge in [0.15, 0.2) is 0 Å². The maximum absolute atomic E-state index is 13.2. The quantitative estimate of drug-likeness (QED) is 0.653. The van der Waals surface area contributed by atoms with Gasteiger partial charge in [-0.05, 0) is 43.2 Å². The molecule has 0 aliphatic rings. The fourth-order valence-electron chi connectivity index (χ4n) is 2.20. The Labute approximate surface area is 110 Å². The number of fused-ring (bicyclic) bond motifs is 1. The molecule has 0 unspecified atom stereocenters. The minimum Gasteiger partial charge on any atom is -0.396 e. The van der Waals surface area contributed by atoms with Crippen molar-refractivity contribution in [3.8, 4) is 11.1 Å². The fourth-order valence-corrected chi connectivity index (χ4v) is 2.20. The summed E-state index contributed by atoms with van der Waals surface area (Å²) in [4.78, 5) is 7.63. The van der Waals surface area contributed by atoms with E-state index in [9.17, 15) is 4.39 Å². The van der Waals surface area contributed by atoms with E-state index in [1.54, 1.807) is 18.3 Å². The summed E-state index contributed by atoms with van der Waals surface area (Å²) < 4.78 is 13.2. The lowest BCUT2D eigenvalue weighted by Gasteiger charge is -2.04. The number of halogens is 1. The maximum Gasteiger partial charge on any atom is 0.146 e. The van der Waals surface area contributed by atoms with Gasteiger partial charge in [0.2, 0.25) is 0 Å². The number of aromatic amines is 1. The molecular weight excluding hydrogens is 241 g/mol. The van der Waals surface area contributed by atoms with Gasteiger partial charge in [0.1, 0.15) is 11.5 Å². The molecule has 0 saturated carbocycles. The number of aromatic nitrogens is 2. The van der Waals surface area contributed by atoms with Crippen LogP contribution in [0.15, 0.2) is 30.5 Å². The number of benzene rings is 1. The average Bonchev–Trinajstić information content (AvgIpc) is 2.68. The Kier molecular flexibility index (Phi) is 2.52. The first-order valence-electron chi connectivity index (χ1n) is 6.06. The first-order chi connectivity index (χ1) is 9.06. The van der Waals surface area contributed by atoms with E-state index in [0.717, 1.165) is 27.9 Å². The number of hydrogen-bond donors (Lipinski definition) is 2. The number of hydrogen-bond acceptors (Lipinski definition) is 2. The van der Waals surface area contributed by atoms with Gasteiger partial charge in [0.05, 0.1) is 5.69 Å². The summed E-state index contributed by atoms with van der Waals surface area (Å²) >= 11 is 0. The van der Waals surface area contributed by atoms with Crippen molar-refractivity contribution in [1.29, 1.82) is 0 Å². The molecule has 3 N–H and O–H groups in total. The van der Waals surface area contributed by atoms with Crippen molar-refractivity contribution in [3.63, 3.8) is 0 Å². The largest absolute Gasteiger partial charge is 0.396 e. The Hall–Kier alpha value is -2.36. The van der Waals surface area contributed by atoms with Crippen molar-refractivity contribution in [2.75, 3.05) is 5.73 Å². The Balaban J connectivity index is 2.19. The third-order valence-corrected chi connectivity index (χ3v) is 3.49. The van der Waals surface area contributed by atoms with Crippen LogP contribution < -0.4 is 5.73 Å². The summed E-state index contributed by atoms with van der Waals surface area (Å²) in [5.74, 6) is -0.397. The zero-order valence-electron chi connectivity index (χ0n) is 10.8. The molecular formula is C15H14FN3. The van der Waals surface area contributed by atoms with E-state index < -0.39 is 5.82 Å². The summed E-state index contributed by atoms with van der Waals surface area (Å²) in [6.45, 7) is 4.07. The predicted molar refractivity (Wildman–Crippen MR) is 75.4 cm³/mol. The van der Waals surface area contributed by atoms with Gasteiger partial charge in [-0.3, -0.25) is 0 Å². The molecule has 19 heavy (non-hydrogen) atoms. The minimum absolute atomic E-state index is 0.152. The van der Waals surface area contributed by atoms with Gasteiger partial charge in [0, 0.05) is 22.8 Å². The number of nitrogen functional groups attached to an aromatic ring is 1. The van der Waals surface area contributed by atoms with E-state index in [2.05, 4.69) is 16.9 Å². The smallest absolute Gasteiger partial charge is 0.146 e. The van der Waals surface area contributed by atoms with E-state index in [-0.39, 0.29) is 5.69 Å². The molecule has 0 atom stereocenters. The second kappa shape index (κ2) is 4.09. The van der Waals surface area contributed by atoms with Crippen LogP contribution in [0.3, 0.4) is 0 Å². The summed E-state index contributed by atoms with van der Waals surface area (Å²) in [5.41, 5.74) is 10.7. The molecule has 0 aliphatic heterocycles. The van der Waals surface area contributed by atoms with E-state index in [0.29, 0.717) is 0 Å². The van der Waals surface area contributed by atoms with Crippen molar-refractivity contribution in [1.82, 2.24) is 9.97 Å². The molecule has 0 aliphatic carbocycles. The Morgan fingerprint density at radius 2 is 1.95 bits per heavy atom. The van der Waals surface area contributed by atoms with Crippen LogP contribution in [0.2, 0.25) is 0 Å². The normalized spacial score (nSPS) is 11.1. The van der Waals surface area contributed by atoms with Gasteiger partial charge in [-0.2, -0.15) is 0 Å². The number of rotatable bonds is 1. The maximum atomic E-state index is 13.2. The van der Waals surface area contributed by atoms with Crippen LogP contribution in [0.1, 0.15) is 11.3 Å². The van der Waals surface area contributed by atoms with Gasteiger partial charge in [0.25, 0.3) is 0 Å². The predicted octanol–water partition coefficient (Wildman–Crippen LogP) is 3.57. The number of pyridine rings is 1. The van der Waals surface area contributed by atoms with Gasteiger partial charge < -0.3 is 10.7 Å². The molecule has 3 rings (SSSR count). The van der Waals surface area contributed by atoms with Crippen LogP contribution in [0, 0.1) is 19.7 Å². The Bertz CT molecular complexity index is 774. The monoisotopic (exact) mass is 255 g/mol.